The zero-order valence-corrected chi connectivity index (χ0v) is 11.1. The first kappa shape index (κ1) is 12.9. The lowest BCUT2D eigenvalue weighted by Gasteiger charge is -2.03. The van der Waals surface area contributed by atoms with Crippen molar-refractivity contribution in [2.45, 2.75) is 0 Å². The molecule has 0 fully saturated rings. The Morgan fingerprint density at radius 2 is 1.69 bits per heavy atom. The molecule has 0 aliphatic carbocycles. The number of carboxylic acid groups (broad SMARTS) is 1. The Labute approximate surface area is 108 Å². The number of anilines is 1. The van der Waals surface area contributed by atoms with Gasteiger partial charge in [-0.25, -0.2) is 4.79 Å². The van der Waals surface area contributed by atoms with Gasteiger partial charge in [-0.05, 0) is 50.1 Å². The van der Waals surface area contributed by atoms with Gasteiger partial charge >= 0.3 is 5.97 Å². The normalized spacial score (nSPS) is 10.6. The molecule has 0 radical (unpaired) electrons. The van der Waals surface area contributed by atoms with E-state index in [1.165, 1.54) is 12.1 Å². The second-order valence-corrected chi connectivity index (χ2v) is 4.60. The average molecular weight is 349 g/mol. The molecule has 4 nitrogen and oxygen atoms in total. The van der Waals surface area contributed by atoms with Crippen molar-refractivity contribution in [2.75, 3.05) is 5.73 Å². The zero-order valence-electron chi connectivity index (χ0n) is 7.91. The van der Waals surface area contributed by atoms with Crippen LogP contribution in [0.2, 0.25) is 0 Å². The van der Waals surface area contributed by atoms with Crippen molar-refractivity contribution < 1.29 is 14.7 Å². The lowest BCUT2D eigenvalue weighted by molar-refractivity contribution is -0.131. The number of allylic oxidation sites excluding steroid dienone is 1. The second kappa shape index (κ2) is 5.27. The number of carbonyl (C=O) groups excluding carboxylic acids is 1. The number of carboxylic acids is 1. The molecule has 0 atom stereocenters. The molecule has 1 rings (SSSR count). The van der Waals surface area contributed by atoms with Crippen LogP contribution in [0.25, 0.3) is 0 Å². The lowest BCUT2D eigenvalue weighted by Crippen LogP contribution is -1.99. The summed E-state index contributed by atoms with van der Waals surface area (Å²) in [6.45, 7) is 0. The SMILES string of the molecule is Nc1c(Br)cc(C(=O)/C=C/C(=O)O)cc1Br. The van der Waals surface area contributed by atoms with Gasteiger partial charge in [-0.3, -0.25) is 4.79 Å². The Kier molecular flexibility index (Phi) is 4.26. The molecule has 0 aromatic heterocycles. The van der Waals surface area contributed by atoms with Crippen LogP contribution in [0.5, 0.6) is 0 Å². The highest BCUT2D eigenvalue weighted by atomic mass is 79.9. The molecule has 16 heavy (non-hydrogen) atoms. The van der Waals surface area contributed by atoms with Crippen LogP contribution in [0.15, 0.2) is 33.2 Å². The van der Waals surface area contributed by atoms with E-state index < -0.39 is 11.8 Å². The summed E-state index contributed by atoms with van der Waals surface area (Å²) in [6, 6.07) is 3.07. The summed E-state index contributed by atoms with van der Waals surface area (Å²) < 4.78 is 1.16. The van der Waals surface area contributed by atoms with Gasteiger partial charge in [0.15, 0.2) is 5.78 Å². The molecule has 0 bridgehead atoms. The Hall–Kier alpha value is -1.14. The monoisotopic (exact) mass is 347 g/mol. The molecule has 0 amide bonds. The summed E-state index contributed by atoms with van der Waals surface area (Å²) >= 11 is 6.40. The highest BCUT2D eigenvalue weighted by Gasteiger charge is 2.08. The van der Waals surface area contributed by atoms with Gasteiger partial charge in [0.2, 0.25) is 0 Å². The summed E-state index contributed by atoms with van der Waals surface area (Å²) in [5, 5.41) is 8.39. The van der Waals surface area contributed by atoms with Crippen molar-refractivity contribution in [3.8, 4) is 0 Å². The van der Waals surface area contributed by atoms with Gasteiger partial charge in [-0.2, -0.15) is 0 Å². The molecule has 84 valence electrons. The third kappa shape index (κ3) is 3.18. The molecule has 3 N–H and O–H groups in total. The molecular weight excluding hydrogens is 342 g/mol. The highest BCUT2D eigenvalue weighted by molar-refractivity contribution is 9.11. The topological polar surface area (TPSA) is 80.4 Å². The van der Waals surface area contributed by atoms with Crippen LogP contribution in [-0.4, -0.2) is 16.9 Å². The van der Waals surface area contributed by atoms with E-state index in [4.69, 9.17) is 10.8 Å². The van der Waals surface area contributed by atoms with Gasteiger partial charge < -0.3 is 10.8 Å². The fourth-order valence-electron chi connectivity index (χ4n) is 0.970. The van der Waals surface area contributed by atoms with E-state index in [9.17, 15) is 9.59 Å². The molecule has 0 aliphatic rings. The standard InChI is InChI=1S/C10H7Br2NO3/c11-6-3-5(4-7(12)10(6)13)8(14)1-2-9(15)16/h1-4H,13H2,(H,15,16)/b2-1+. The summed E-state index contributed by atoms with van der Waals surface area (Å²) in [5.74, 6) is -1.56. The van der Waals surface area contributed by atoms with E-state index in [1.807, 2.05) is 0 Å². The second-order valence-electron chi connectivity index (χ2n) is 2.89. The molecule has 1 aromatic carbocycles. The van der Waals surface area contributed by atoms with Crippen LogP contribution in [0.4, 0.5) is 5.69 Å². The van der Waals surface area contributed by atoms with Gasteiger partial charge in [0.05, 0.1) is 5.69 Å². The first-order valence-electron chi connectivity index (χ1n) is 4.11. The van der Waals surface area contributed by atoms with Crippen LogP contribution >= 0.6 is 31.9 Å². The minimum absolute atomic E-state index is 0.352. The molecule has 0 unspecified atom stereocenters. The smallest absolute Gasteiger partial charge is 0.328 e. The van der Waals surface area contributed by atoms with Crippen LogP contribution in [0.1, 0.15) is 10.4 Å². The Morgan fingerprint density at radius 1 is 1.19 bits per heavy atom. The average Bonchev–Trinajstić information content (AvgIpc) is 2.21. The van der Waals surface area contributed by atoms with Crippen molar-refractivity contribution >= 4 is 49.3 Å². The number of halogens is 2. The fourth-order valence-corrected chi connectivity index (χ4v) is 2.16. The number of hydrogen-bond acceptors (Lipinski definition) is 3. The zero-order chi connectivity index (χ0) is 12.3. The molecule has 0 saturated carbocycles. The number of rotatable bonds is 3. The Morgan fingerprint density at radius 3 is 2.12 bits per heavy atom. The summed E-state index contributed by atoms with van der Waals surface area (Å²) in [7, 11) is 0. The Bertz CT molecular complexity index is 460. The maximum atomic E-state index is 11.5. The third-order valence-electron chi connectivity index (χ3n) is 1.74. The number of ketones is 1. The van der Waals surface area contributed by atoms with E-state index in [2.05, 4.69) is 31.9 Å². The van der Waals surface area contributed by atoms with Crippen LogP contribution in [0, 0.1) is 0 Å². The number of hydrogen-bond donors (Lipinski definition) is 2. The van der Waals surface area contributed by atoms with Gasteiger partial charge in [0, 0.05) is 20.6 Å². The van der Waals surface area contributed by atoms with Crippen molar-refractivity contribution in [3.05, 3.63) is 38.8 Å². The molecular formula is C10H7Br2NO3. The van der Waals surface area contributed by atoms with Gasteiger partial charge in [0.1, 0.15) is 0 Å². The van der Waals surface area contributed by atoms with E-state index >= 15 is 0 Å². The molecule has 1 aromatic rings. The van der Waals surface area contributed by atoms with Crippen LogP contribution in [0.3, 0.4) is 0 Å². The van der Waals surface area contributed by atoms with Gasteiger partial charge in [-0.1, -0.05) is 0 Å². The van der Waals surface area contributed by atoms with Crippen molar-refractivity contribution in [1.29, 1.82) is 0 Å². The van der Waals surface area contributed by atoms with Gasteiger partial charge in [0.25, 0.3) is 0 Å². The summed E-state index contributed by atoms with van der Waals surface area (Å²) in [5.41, 5.74) is 6.49. The van der Waals surface area contributed by atoms with E-state index in [0.29, 0.717) is 20.2 Å². The third-order valence-corrected chi connectivity index (χ3v) is 3.05. The number of carbonyl (C=O) groups is 2. The summed E-state index contributed by atoms with van der Waals surface area (Å²) in [4.78, 5) is 21.8. The number of nitrogen functional groups attached to an aromatic ring is 1. The highest BCUT2D eigenvalue weighted by Crippen LogP contribution is 2.29. The minimum atomic E-state index is -1.16. The van der Waals surface area contributed by atoms with Crippen LogP contribution < -0.4 is 5.73 Å². The Balaban J connectivity index is 3.06. The van der Waals surface area contributed by atoms with E-state index in [1.54, 1.807) is 0 Å². The van der Waals surface area contributed by atoms with Crippen molar-refractivity contribution in [2.24, 2.45) is 0 Å². The molecule has 6 heteroatoms. The fraction of sp³-hybridized carbons (Fsp3) is 0. The van der Waals surface area contributed by atoms with Crippen molar-refractivity contribution in [3.63, 3.8) is 0 Å². The molecule has 0 spiro atoms. The molecule has 0 saturated heterocycles. The quantitative estimate of drug-likeness (QED) is 0.500. The number of benzene rings is 1. The number of aliphatic carboxylic acids is 1. The largest absolute Gasteiger partial charge is 0.478 e. The van der Waals surface area contributed by atoms with Crippen LogP contribution in [-0.2, 0) is 4.79 Å². The van der Waals surface area contributed by atoms with Gasteiger partial charge in [-0.15, -0.1) is 0 Å². The maximum Gasteiger partial charge on any atom is 0.328 e. The van der Waals surface area contributed by atoms with Crippen molar-refractivity contribution in [1.82, 2.24) is 0 Å². The lowest BCUT2D eigenvalue weighted by atomic mass is 10.1. The van der Waals surface area contributed by atoms with E-state index in [-0.39, 0.29) is 0 Å². The summed E-state index contributed by atoms with van der Waals surface area (Å²) in [6.07, 6.45) is 1.78. The first-order chi connectivity index (χ1) is 7.41. The molecule has 0 aliphatic heterocycles. The first-order valence-corrected chi connectivity index (χ1v) is 5.70. The minimum Gasteiger partial charge on any atom is -0.478 e. The maximum absolute atomic E-state index is 11.5. The predicted octanol–water partition coefficient (Wildman–Crippen LogP) is 2.62. The number of nitrogens with two attached hydrogens (primary N) is 1. The molecule has 0 heterocycles. The van der Waals surface area contributed by atoms with E-state index in [0.717, 1.165) is 12.2 Å². The predicted molar refractivity (Wildman–Crippen MR) is 67.4 cm³/mol.